The highest BCUT2D eigenvalue weighted by molar-refractivity contribution is 7.80. The third-order valence-electron chi connectivity index (χ3n) is 2.48. The minimum atomic E-state index is 0.171. The fraction of sp³-hybridized carbons (Fsp3) is 0.154. The van der Waals surface area contributed by atoms with Gasteiger partial charge in [0.15, 0.2) is 0 Å². The van der Waals surface area contributed by atoms with Gasteiger partial charge in [0.05, 0.1) is 6.04 Å². The van der Waals surface area contributed by atoms with Gasteiger partial charge in [-0.3, -0.25) is 4.90 Å². The van der Waals surface area contributed by atoms with Crippen LogP contribution in [0.3, 0.4) is 0 Å². The lowest BCUT2D eigenvalue weighted by Crippen LogP contribution is -2.21. The van der Waals surface area contributed by atoms with Crippen LogP contribution in [0, 0.1) is 0 Å². The highest BCUT2D eigenvalue weighted by Gasteiger charge is 2.29. The number of nitrogens with zero attached hydrogens (tertiary/aromatic N) is 1. The first kappa shape index (κ1) is 10.9. The molecule has 1 aromatic carbocycles. The quantitative estimate of drug-likeness (QED) is 0.586. The van der Waals surface area contributed by atoms with Crippen molar-refractivity contribution in [3.63, 3.8) is 0 Å². The zero-order chi connectivity index (χ0) is 11.4. The van der Waals surface area contributed by atoms with Gasteiger partial charge in [0.1, 0.15) is 6.61 Å². The van der Waals surface area contributed by atoms with Crippen LogP contribution >= 0.6 is 12.2 Å². The van der Waals surface area contributed by atoms with E-state index < -0.39 is 0 Å². The smallest absolute Gasteiger partial charge is 0.264 e. The van der Waals surface area contributed by atoms with Crippen molar-refractivity contribution in [3.8, 4) is 0 Å². The van der Waals surface area contributed by atoms with Crippen molar-refractivity contribution in [1.82, 2.24) is 4.90 Å². The number of hydrogen-bond acceptors (Lipinski definition) is 2. The fourth-order valence-electron chi connectivity index (χ4n) is 1.68. The molecule has 2 rings (SSSR count). The van der Waals surface area contributed by atoms with Gasteiger partial charge in [-0.25, -0.2) is 0 Å². The summed E-state index contributed by atoms with van der Waals surface area (Å²) >= 11 is 5.15. The molecule has 1 fully saturated rings. The second kappa shape index (κ2) is 4.94. The lowest BCUT2D eigenvalue weighted by Gasteiger charge is -2.18. The monoisotopic (exact) mass is 231 g/mol. The molecule has 0 saturated carbocycles. The van der Waals surface area contributed by atoms with Gasteiger partial charge >= 0.3 is 0 Å². The molecule has 0 aromatic heterocycles. The summed E-state index contributed by atoms with van der Waals surface area (Å²) in [6.45, 7) is 4.25. The summed E-state index contributed by atoms with van der Waals surface area (Å²) in [7, 11) is 0. The van der Waals surface area contributed by atoms with Crippen molar-refractivity contribution < 1.29 is 4.74 Å². The summed E-state index contributed by atoms with van der Waals surface area (Å²) in [6.07, 6.45) is 5.49. The Balaban J connectivity index is 2.24. The van der Waals surface area contributed by atoms with Crippen LogP contribution in [0.5, 0.6) is 0 Å². The summed E-state index contributed by atoms with van der Waals surface area (Å²) < 4.78 is 5.40. The normalized spacial score (nSPS) is 20.1. The van der Waals surface area contributed by atoms with Crippen LogP contribution in [0.2, 0.25) is 0 Å². The molecule has 0 unspecified atom stereocenters. The lowest BCUT2D eigenvalue weighted by atomic mass is 10.1. The van der Waals surface area contributed by atoms with Crippen LogP contribution in [-0.2, 0) is 4.74 Å². The Morgan fingerprint density at radius 1 is 1.38 bits per heavy atom. The zero-order valence-corrected chi connectivity index (χ0v) is 9.69. The van der Waals surface area contributed by atoms with Gasteiger partial charge in [-0.2, -0.15) is 0 Å². The van der Waals surface area contributed by atoms with E-state index in [1.807, 2.05) is 35.4 Å². The van der Waals surface area contributed by atoms with E-state index in [1.165, 1.54) is 5.56 Å². The van der Waals surface area contributed by atoms with E-state index in [4.69, 9.17) is 17.0 Å². The van der Waals surface area contributed by atoms with Crippen molar-refractivity contribution in [2.75, 3.05) is 6.61 Å². The molecule has 1 aromatic rings. The van der Waals surface area contributed by atoms with Gasteiger partial charge in [-0.1, -0.05) is 43.0 Å². The predicted octanol–water partition coefficient (Wildman–Crippen LogP) is 3.04. The average molecular weight is 231 g/mol. The summed E-state index contributed by atoms with van der Waals surface area (Å²) in [5, 5.41) is 0.520. The van der Waals surface area contributed by atoms with Gasteiger partial charge in [-0.15, -0.1) is 0 Å². The Morgan fingerprint density at radius 3 is 2.81 bits per heavy atom. The highest BCUT2D eigenvalue weighted by atomic mass is 32.1. The molecule has 1 aliphatic rings. The molecule has 0 radical (unpaired) electrons. The number of benzene rings is 1. The van der Waals surface area contributed by atoms with Crippen LogP contribution in [0.4, 0.5) is 0 Å². The maximum absolute atomic E-state index is 5.40. The van der Waals surface area contributed by atoms with Crippen LogP contribution in [-0.4, -0.2) is 16.7 Å². The first-order chi connectivity index (χ1) is 7.83. The zero-order valence-electron chi connectivity index (χ0n) is 8.87. The topological polar surface area (TPSA) is 12.5 Å². The molecule has 3 heteroatoms. The number of hydrogen-bond donors (Lipinski definition) is 0. The maximum atomic E-state index is 5.40. The van der Waals surface area contributed by atoms with E-state index in [0.717, 1.165) is 0 Å². The fourth-order valence-corrected chi connectivity index (χ4v) is 1.94. The van der Waals surface area contributed by atoms with E-state index in [2.05, 4.69) is 18.7 Å². The van der Waals surface area contributed by atoms with Crippen molar-refractivity contribution in [2.45, 2.75) is 6.04 Å². The third kappa shape index (κ3) is 2.14. The molecular weight excluding hydrogens is 218 g/mol. The lowest BCUT2D eigenvalue weighted by molar-refractivity contribution is 0.327. The molecule has 1 aliphatic heterocycles. The van der Waals surface area contributed by atoms with Crippen LogP contribution in [0.1, 0.15) is 11.6 Å². The molecule has 0 aliphatic carbocycles. The summed E-state index contributed by atoms with van der Waals surface area (Å²) in [4.78, 5) is 1.95. The van der Waals surface area contributed by atoms with Crippen molar-refractivity contribution >= 4 is 17.4 Å². The average Bonchev–Trinajstić information content (AvgIpc) is 2.69. The van der Waals surface area contributed by atoms with Gasteiger partial charge < -0.3 is 4.74 Å². The molecule has 1 saturated heterocycles. The van der Waals surface area contributed by atoms with Crippen LogP contribution < -0.4 is 0 Å². The standard InChI is InChI=1S/C13H13NOS/c1-2-3-9-14-12(10-15-13(14)16)11-7-5-4-6-8-11/h2-9,12H,1,10H2/b9-3+/t12-/m0/s1. The number of thiocarbonyl (C=S) groups is 1. The molecule has 82 valence electrons. The summed E-state index contributed by atoms with van der Waals surface area (Å²) in [5.41, 5.74) is 1.20. The molecule has 0 bridgehead atoms. The summed E-state index contributed by atoms with van der Waals surface area (Å²) in [5.74, 6) is 0. The SMILES string of the molecule is C=C/C=C/N1C(=S)OC[C@H]1c1ccccc1. The minimum absolute atomic E-state index is 0.171. The number of allylic oxidation sites excluding steroid dienone is 2. The van der Waals surface area contributed by atoms with Gasteiger partial charge in [0, 0.05) is 6.20 Å². The molecule has 2 nitrogen and oxygen atoms in total. The first-order valence-electron chi connectivity index (χ1n) is 5.12. The second-order valence-corrected chi connectivity index (χ2v) is 3.84. The third-order valence-corrected chi connectivity index (χ3v) is 2.81. The molecular formula is C13H13NOS. The Bertz CT molecular complexity index is 413. The van der Waals surface area contributed by atoms with Crippen molar-refractivity contribution in [3.05, 3.63) is 60.8 Å². The van der Waals surface area contributed by atoms with Gasteiger partial charge in [0.2, 0.25) is 0 Å². The second-order valence-electron chi connectivity index (χ2n) is 3.49. The highest BCUT2D eigenvalue weighted by Crippen LogP contribution is 2.27. The van der Waals surface area contributed by atoms with Crippen molar-refractivity contribution in [2.24, 2.45) is 0 Å². The molecule has 1 atom stereocenters. The van der Waals surface area contributed by atoms with E-state index in [-0.39, 0.29) is 6.04 Å². The molecule has 0 N–H and O–H groups in total. The Hall–Kier alpha value is -1.61. The largest absolute Gasteiger partial charge is 0.468 e. The minimum Gasteiger partial charge on any atom is -0.468 e. The predicted molar refractivity (Wildman–Crippen MR) is 68.9 cm³/mol. The van der Waals surface area contributed by atoms with E-state index >= 15 is 0 Å². The van der Waals surface area contributed by atoms with Crippen molar-refractivity contribution in [1.29, 1.82) is 0 Å². The molecule has 1 heterocycles. The van der Waals surface area contributed by atoms with Crippen LogP contribution in [0.25, 0.3) is 0 Å². The first-order valence-corrected chi connectivity index (χ1v) is 5.53. The maximum Gasteiger partial charge on any atom is 0.264 e. The van der Waals surface area contributed by atoms with E-state index in [0.29, 0.717) is 11.8 Å². The Kier molecular flexibility index (Phi) is 3.37. The summed E-state index contributed by atoms with van der Waals surface area (Å²) in [6, 6.07) is 10.4. The molecule has 0 amide bonds. The van der Waals surface area contributed by atoms with Crippen LogP contribution in [0.15, 0.2) is 55.3 Å². The Labute approximate surface area is 101 Å². The van der Waals surface area contributed by atoms with Gasteiger partial charge in [-0.05, 0) is 23.9 Å². The number of rotatable bonds is 3. The van der Waals surface area contributed by atoms with E-state index in [1.54, 1.807) is 6.08 Å². The molecule has 16 heavy (non-hydrogen) atoms. The number of ether oxygens (including phenoxy) is 1. The Morgan fingerprint density at radius 2 is 2.12 bits per heavy atom. The molecule has 0 spiro atoms. The van der Waals surface area contributed by atoms with E-state index in [9.17, 15) is 0 Å². The van der Waals surface area contributed by atoms with Gasteiger partial charge in [0.25, 0.3) is 5.17 Å².